The van der Waals surface area contributed by atoms with Crippen LogP contribution in [0.5, 0.6) is 5.75 Å². The number of hydrogen-bond acceptors (Lipinski definition) is 3. The molecule has 2 aromatic rings. The number of nitrogens with zero attached hydrogens (tertiary/aromatic N) is 2. The fourth-order valence-corrected chi connectivity index (χ4v) is 6.27. The SMILES string of the molecule is CC1=CC(C)(C)N(CCCCCC(=O)O)c2cc3c(cc21)C=C1C(=CC(=[N+](C)c2ccccc2)CC1(C)C)O3.[Cl-]. The van der Waals surface area contributed by atoms with E-state index in [0.29, 0.717) is 6.42 Å². The number of carboxylic acids is 1. The quantitative estimate of drug-likeness (QED) is 0.389. The zero-order valence-corrected chi connectivity index (χ0v) is 25.3. The molecule has 2 aromatic carbocycles. The number of fused-ring (bicyclic) bond motifs is 3. The van der Waals surface area contributed by atoms with Gasteiger partial charge in [-0.15, -0.1) is 0 Å². The lowest BCUT2D eigenvalue weighted by atomic mass is 9.73. The first kappa shape index (κ1) is 29.7. The van der Waals surface area contributed by atoms with Crippen molar-refractivity contribution in [2.75, 3.05) is 18.5 Å². The van der Waals surface area contributed by atoms with Gasteiger partial charge in [-0.3, -0.25) is 4.79 Å². The van der Waals surface area contributed by atoms with Gasteiger partial charge in [-0.1, -0.05) is 44.5 Å². The molecule has 3 aliphatic rings. The minimum atomic E-state index is -0.719. The summed E-state index contributed by atoms with van der Waals surface area (Å²) in [7, 11) is 2.13. The summed E-state index contributed by atoms with van der Waals surface area (Å²) < 4.78 is 8.97. The van der Waals surface area contributed by atoms with Gasteiger partial charge in [0, 0.05) is 71.5 Å². The number of hydrogen-bond donors (Lipinski definition) is 1. The molecule has 0 saturated carbocycles. The number of allylic oxidation sites excluding steroid dienone is 3. The summed E-state index contributed by atoms with van der Waals surface area (Å²) in [5, 5.41) is 8.99. The molecule has 2 heterocycles. The second kappa shape index (κ2) is 11.3. The Balaban J connectivity index is 0.00000370. The molecule has 0 atom stereocenters. The number of carboxylic acid groups (broad SMARTS) is 1. The molecule has 5 nitrogen and oxygen atoms in total. The van der Waals surface area contributed by atoms with Crippen LogP contribution in [0, 0.1) is 5.41 Å². The van der Waals surface area contributed by atoms with Crippen LogP contribution in [0.3, 0.4) is 0 Å². The van der Waals surface area contributed by atoms with Crippen LogP contribution in [-0.4, -0.2) is 40.5 Å². The van der Waals surface area contributed by atoms with Gasteiger partial charge in [-0.2, -0.15) is 4.58 Å². The monoisotopic (exact) mass is 560 g/mol. The molecule has 1 aliphatic carbocycles. The van der Waals surface area contributed by atoms with E-state index < -0.39 is 5.97 Å². The molecule has 0 aromatic heterocycles. The molecule has 2 aliphatic heterocycles. The summed E-state index contributed by atoms with van der Waals surface area (Å²) in [5.41, 5.74) is 8.29. The van der Waals surface area contributed by atoms with E-state index in [0.717, 1.165) is 42.9 Å². The molecule has 0 radical (unpaired) electrons. The summed E-state index contributed by atoms with van der Waals surface area (Å²) in [6.07, 6.45) is 10.6. The average molecular weight is 561 g/mol. The highest BCUT2D eigenvalue weighted by atomic mass is 35.5. The van der Waals surface area contributed by atoms with Crippen LogP contribution >= 0.6 is 0 Å². The maximum atomic E-state index is 10.9. The van der Waals surface area contributed by atoms with E-state index in [2.05, 4.69) is 106 Å². The van der Waals surface area contributed by atoms with Crippen LogP contribution in [0.25, 0.3) is 11.6 Å². The first-order valence-corrected chi connectivity index (χ1v) is 14.1. The Hall–Kier alpha value is -3.31. The van der Waals surface area contributed by atoms with Crippen LogP contribution in [0.4, 0.5) is 11.4 Å². The number of aliphatic carboxylic acids is 1. The maximum absolute atomic E-state index is 10.9. The number of unbranched alkanes of at least 4 members (excludes halogenated alkanes) is 2. The molecule has 1 N–H and O–H groups in total. The van der Waals surface area contributed by atoms with Crippen LogP contribution in [0.2, 0.25) is 0 Å². The first-order chi connectivity index (χ1) is 18.5. The van der Waals surface area contributed by atoms with E-state index in [1.54, 1.807) is 0 Å². The molecule has 0 fully saturated rings. The van der Waals surface area contributed by atoms with Crippen molar-refractivity contribution in [2.24, 2.45) is 5.41 Å². The molecule has 6 heteroatoms. The van der Waals surface area contributed by atoms with Gasteiger partial charge in [0.25, 0.3) is 0 Å². The lowest BCUT2D eigenvalue weighted by Gasteiger charge is -2.44. The fourth-order valence-electron chi connectivity index (χ4n) is 6.27. The Morgan fingerprint density at radius 2 is 1.77 bits per heavy atom. The summed E-state index contributed by atoms with van der Waals surface area (Å²) in [6.45, 7) is 12.2. The molecule has 40 heavy (non-hydrogen) atoms. The van der Waals surface area contributed by atoms with Gasteiger partial charge in [-0.05, 0) is 51.3 Å². The highest BCUT2D eigenvalue weighted by Gasteiger charge is 2.39. The number of halogens is 1. The van der Waals surface area contributed by atoms with E-state index in [-0.39, 0.29) is 29.8 Å². The number of carbonyl (C=O) groups is 1. The van der Waals surface area contributed by atoms with Gasteiger partial charge < -0.3 is 27.2 Å². The smallest absolute Gasteiger partial charge is 0.303 e. The number of para-hydroxylation sites is 1. The lowest BCUT2D eigenvalue weighted by molar-refractivity contribution is -0.406. The van der Waals surface area contributed by atoms with Crippen LogP contribution in [-0.2, 0) is 4.79 Å². The van der Waals surface area contributed by atoms with Crippen molar-refractivity contribution in [3.05, 3.63) is 77.1 Å². The van der Waals surface area contributed by atoms with E-state index in [4.69, 9.17) is 9.84 Å². The van der Waals surface area contributed by atoms with Crippen molar-refractivity contribution >= 4 is 34.7 Å². The van der Waals surface area contributed by atoms with Gasteiger partial charge in [-0.25, -0.2) is 0 Å². The predicted molar refractivity (Wildman–Crippen MR) is 160 cm³/mol. The molecule has 5 rings (SSSR count). The van der Waals surface area contributed by atoms with Gasteiger partial charge in [0.05, 0.1) is 5.54 Å². The van der Waals surface area contributed by atoms with Gasteiger partial charge in [0.1, 0.15) is 18.6 Å². The van der Waals surface area contributed by atoms with Crippen molar-refractivity contribution in [2.45, 2.75) is 72.3 Å². The average Bonchev–Trinajstić information content (AvgIpc) is 2.87. The van der Waals surface area contributed by atoms with E-state index in [9.17, 15) is 4.79 Å². The molecule has 0 bridgehead atoms. The summed E-state index contributed by atoms with van der Waals surface area (Å²) in [6, 6.07) is 15.0. The minimum Gasteiger partial charge on any atom is -1.00 e. The Morgan fingerprint density at radius 1 is 1.05 bits per heavy atom. The molecule has 0 spiro atoms. The fraction of sp³-hybridized carbons (Fsp3) is 0.412. The third kappa shape index (κ3) is 5.76. The van der Waals surface area contributed by atoms with E-state index in [1.165, 1.54) is 33.8 Å². The van der Waals surface area contributed by atoms with Crippen LogP contribution < -0.4 is 22.0 Å². The van der Waals surface area contributed by atoms with Crippen molar-refractivity contribution in [1.82, 2.24) is 0 Å². The number of rotatable bonds is 7. The molecule has 0 saturated heterocycles. The minimum absolute atomic E-state index is 0. The van der Waals surface area contributed by atoms with E-state index in [1.807, 2.05) is 6.07 Å². The van der Waals surface area contributed by atoms with Gasteiger partial charge in [0.2, 0.25) is 5.69 Å². The lowest BCUT2D eigenvalue weighted by Crippen LogP contribution is -3.00. The first-order valence-electron chi connectivity index (χ1n) is 14.1. The van der Waals surface area contributed by atoms with E-state index >= 15 is 0 Å². The molecular formula is C34H41ClN2O3. The predicted octanol–water partition coefficient (Wildman–Crippen LogP) is 4.84. The highest BCUT2D eigenvalue weighted by molar-refractivity contribution is 5.96. The third-order valence-corrected chi connectivity index (χ3v) is 8.39. The Bertz CT molecular complexity index is 1430. The third-order valence-electron chi connectivity index (χ3n) is 8.39. The zero-order chi connectivity index (χ0) is 27.9. The second-order valence-corrected chi connectivity index (χ2v) is 12.4. The molecule has 0 unspecified atom stereocenters. The number of ether oxygens (including phenoxy) is 1. The van der Waals surface area contributed by atoms with Crippen molar-refractivity contribution in [1.29, 1.82) is 0 Å². The number of anilines is 1. The van der Waals surface area contributed by atoms with Gasteiger partial charge in [0.15, 0.2) is 5.71 Å². The summed E-state index contributed by atoms with van der Waals surface area (Å²) >= 11 is 0. The van der Waals surface area contributed by atoms with Crippen molar-refractivity contribution in [3.8, 4) is 5.75 Å². The Labute approximate surface area is 245 Å². The van der Waals surface area contributed by atoms with Crippen LogP contribution in [0.1, 0.15) is 77.8 Å². The summed E-state index contributed by atoms with van der Waals surface area (Å²) in [5.74, 6) is 1.10. The largest absolute Gasteiger partial charge is 1.00 e. The summed E-state index contributed by atoms with van der Waals surface area (Å²) in [4.78, 5) is 13.4. The standard InChI is InChI=1S/C34H40N2O3.ClH/c1-23-21-34(4,5)36(16-12-8-11-15-32(37)38)29-20-30-24(17-27(23)29)18-28-31(39-30)19-26(22-33(28,2)3)35(6)25-13-9-7-10-14-25;/h7,9-10,13-14,17-21H,8,11-12,15-16,22H2,1-6H3;1H. The topological polar surface area (TPSA) is 52.8 Å². The maximum Gasteiger partial charge on any atom is 0.303 e. The molecule has 212 valence electrons. The van der Waals surface area contributed by atoms with Crippen molar-refractivity contribution in [3.63, 3.8) is 0 Å². The highest BCUT2D eigenvalue weighted by Crippen LogP contribution is 2.49. The zero-order valence-electron chi connectivity index (χ0n) is 24.6. The molecular weight excluding hydrogens is 520 g/mol. The van der Waals surface area contributed by atoms with Gasteiger partial charge >= 0.3 is 5.97 Å². The normalized spacial score (nSPS) is 19.4. The van der Waals surface area contributed by atoms with Crippen molar-refractivity contribution < 1.29 is 31.6 Å². The number of benzene rings is 2. The van der Waals surface area contributed by atoms with Crippen LogP contribution in [0.15, 0.2) is 65.9 Å². The molecule has 0 amide bonds. The Kier molecular flexibility index (Phi) is 8.37. The second-order valence-electron chi connectivity index (χ2n) is 12.4. The Morgan fingerprint density at radius 3 is 2.48 bits per heavy atom.